The Hall–Kier alpha value is -1.85. The van der Waals surface area contributed by atoms with E-state index < -0.39 is 11.6 Å². The first-order chi connectivity index (χ1) is 9.78. The molecule has 4 N–H and O–H groups in total. The molecule has 0 saturated carbocycles. The van der Waals surface area contributed by atoms with Gasteiger partial charge in [0.2, 0.25) is 5.91 Å². The number of nitrogens with one attached hydrogen (secondary N) is 1. The minimum absolute atomic E-state index is 0.164. The van der Waals surface area contributed by atoms with Gasteiger partial charge in [-0.05, 0) is 31.9 Å². The Bertz CT molecular complexity index is 628. The lowest BCUT2D eigenvalue weighted by Crippen LogP contribution is -2.47. The number of hydrogen-bond donors (Lipinski definition) is 3. The van der Waals surface area contributed by atoms with Crippen LogP contribution < -0.4 is 5.73 Å². The van der Waals surface area contributed by atoms with Crippen molar-refractivity contribution in [3.8, 4) is 0 Å². The molecule has 0 aliphatic heterocycles. The molecule has 0 unspecified atom stereocenters. The summed E-state index contributed by atoms with van der Waals surface area (Å²) in [7, 11) is 1.66. The molecule has 0 bridgehead atoms. The number of aliphatic hydroxyl groups is 1. The second kappa shape index (κ2) is 5.87. The van der Waals surface area contributed by atoms with Crippen LogP contribution >= 0.6 is 0 Å². The molecule has 0 spiro atoms. The molecule has 0 saturated heterocycles. The van der Waals surface area contributed by atoms with Gasteiger partial charge in [0.25, 0.3) is 0 Å². The summed E-state index contributed by atoms with van der Waals surface area (Å²) in [5.41, 5.74) is 7.18. The van der Waals surface area contributed by atoms with E-state index in [1.165, 1.54) is 4.90 Å². The van der Waals surface area contributed by atoms with Crippen LogP contribution in [0.4, 0.5) is 0 Å². The number of nitrogens with zero attached hydrogens (tertiary/aromatic N) is 1. The van der Waals surface area contributed by atoms with Crippen molar-refractivity contribution in [2.45, 2.75) is 31.9 Å². The van der Waals surface area contributed by atoms with Gasteiger partial charge in [-0.3, -0.25) is 4.79 Å². The minimum Gasteiger partial charge on any atom is -0.389 e. The van der Waals surface area contributed by atoms with E-state index in [1.54, 1.807) is 20.9 Å². The Morgan fingerprint density at radius 2 is 2.10 bits per heavy atom. The van der Waals surface area contributed by atoms with Crippen molar-refractivity contribution in [3.05, 3.63) is 36.0 Å². The van der Waals surface area contributed by atoms with Gasteiger partial charge in [-0.2, -0.15) is 0 Å². The molecular weight excluding hydrogens is 266 g/mol. The molecule has 2 aromatic rings. The number of H-pyrrole nitrogens is 1. The molecule has 1 amide bonds. The summed E-state index contributed by atoms with van der Waals surface area (Å²) in [5.74, 6) is -0.164. The molecule has 5 nitrogen and oxygen atoms in total. The van der Waals surface area contributed by atoms with Gasteiger partial charge in [-0.1, -0.05) is 18.2 Å². The summed E-state index contributed by atoms with van der Waals surface area (Å²) in [6.07, 6.45) is 2.37. The second-order valence-electron chi connectivity index (χ2n) is 6.18. The second-order valence-corrected chi connectivity index (χ2v) is 6.18. The quantitative estimate of drug-likeness (QED) is 0.775. The average Bonchev–Trinajstić information content (AvgIpc) is 2.79. The highest BCUT2D eigenvalue weighted by Gasteiger charge is 2.24. The fourth-order valence-electron chi connectivity index (χ4n) is 2.57. The lowest BCUT2D eigenvalue weighted by molar-refractivity contribution is -0.133. The van der Waals surface area contributed by atoms with Gasteiger partial charge >= 0.3 is 0 Å². The summed E-state index contributed by atoms with van der Waals surface area (Å²) in [6.45, 7) is 3.59. The number of rotatable bonds is 5. The highest BCUT2D eigenvalue weighted by Crippen LogP contribution is 2.19. The molecular formula is C16H23N3O2. The molecule has 2 rings (SSSR count). The summed E-state index contributed by atoms with van der Waals surface area (Å²) in [6, 6.07) is 7.32. The van der Waals surface area contributed by atoms with Crippen LogP contribution in [0.3, 0.4) is 0 Å². The Balaban J connectivity index is 2.07. The molecule has 1 heterocycles. The van der Waals surface area contributed by atoms with Crippen molar-refractivity contribution in [1.82, 2.24) is 9.88 Å². The topological polar surface area (TPSA) is 82.3 Å². The maximum atomic E-state index is 12.3. The Kier molecular flexibility index (Phi) is 4.34. The maximum absolute atomic E-state index is 12.3. The number of amides is 1. The molecule has 1 atom stereocenters. The number of aromatic nitrogens is 1. The van der Waals surface area contributed by atoms with E-state index >= 15 is 0 Å². The fraction of sp³-hybridized carbons (Fsp3) is 0.438. The van der Waals surface area contributed by atoms with E-state index in [2.05, 4.69) is 4.98 Å². The van der Waals surface area contributed by atoms with Crippen molar-refractivity contribution in [3.63, 3.8) is 0 Å². The van der Waals surface area contributed by atoms with Crippen LogP contribution in [0.15, 0.2) is 30.5 Å². The van der Waals surface area contributed by atoms with E-state index in [4.69, 9.17) is 5.73 Å². The van der Waals surface area contributed by atoms with E-state index in [0.29, 0.717) is 6.42 Å². The number of carbonyl (C=O) groups excluding carboxylic acids is 1. The highest BCUT2D eigenvalue weighted by atomic mass is 16.3. The van der Waals surface area contributed by atoms with Gasteiger partial charge in [0.05, 0.1) is 11.6 Å². The van der Waals surface area contributed by atoms with Gasteiger partial charge < -0.3 is 20.7 Å². The van der Waals surface area contributed by atoms with Crippen molar-refractivity contribution in [2.75, 3.05) is 13.6 Å². The Labute approximate surface area is 124 Å². The molecule has 21 heavy (non-hydrogen) atoms. The zero-order valence-electron chi connectivity index (χ0n) is 12.8. The predicted molar refractivity (Wildman–Crippen MR) is 83.9 cm³/mol. The summed E-state index contributed by atoms with van der Waals surface area (Å²) in [4.78, 5) is 16.9. The zero-order valence-corrected chi connectivity index (χ0v) is 12.8. The van der Waals surface area contributed by atoms with Crippen LogP contribution in [-0.2, 0) is 11.2 Å². The van der Waals surface area contributed by atoms with E-state index in [-0.39, 0.29) is 12.5 Å². The number of para-hydroxylation sites is 1. The van der Waals surface area contributed by atoms with Crippen LogP contribution in [-0.4, -0.2) is 46.1 Å². The lowest BCUT2D eigenvalue weighted by atomic mass is 10.0. The number of carbonyl (C=O) groups is 1. The van der Waals surface area contributed by atoms with Crippen LogP contribution in [0, 0.1) is 0 Å². The van der Waals surface area contributed by atoms with Gasteiger partial charge in [-0.25, -0.2) is 0 Å². The van der Waals surface area contributed by atoms with Crippen molar-refractivity contribution < 1.29 is 9.90 Å². The van der Waals surface area contributed by atoms with Crippen LogP contribution in [0.1, 0.15) is 19.4 Å². The first kappa shape index (κ1) is 15.5. The first-order valence-corrected chi connectivity index (χ1v) is 7.06. The average molecular weight is 289 g/mol. The summed E-state index contributed by atoms with van der Waals surface area (Å²) in [5, 5.41) is 10.9. The monoisotopic (exact) mass is 289 g/mol. The molecule has 1 aromatic carbocycles. The van der Waals surface area contributed by atoms with Gasteiger partial charge in [-0.15, -0.1) is 0 Å². The molecule has 0 radical (unpaired) electrons. The van der Waals surface area contributed by atoms with Crippen LogP contribution in [0.5, 0.6) is 0 Å². The number of nitrogens with two attached hydrogens (primary N) is 1. The third-order valence-corrected chi connectivity index (χ3v) is 3.43. The number of hydrogen-bond acceptors (Lipinski definition) is 3. The summed E-state index contributed by atoms with van der Waals surface area (Å²) < 4.78 is 0. The molecule has 0 aliphatic rings. The molecule has 5 heteroatoms. The smallest absolute Gasteiger partial charge is 0.239 e. The minimum atomic E-state index is -0.926. The van der Waals surface area contributed by atoms with Crippen LogP contribution in [0.2, 0.25) is 0 Å². The number of benzene rings is 1. The normalized spacial score (nSPS) is 13.4. The summed E-state index contributed by atoms with van der Waals surface area (Å²) >= 11 is 0. The van der Waals surface area contributed by atoms with Gasteiger partial charge in [0.1, 0.15) is 0 Å². The highest BCUT2D eigenvalue weighted by molar-refractivity contribution is 5.86. The zero-order chi connectivity index (χ0) is 15.6. The van der Waals surface area contributed by atoms with E-state index in [0.717, 1.165) is 16.5 Å². The van der Waals surface area contributed by atoms with E-state index in [9.17, 15) is 9.90 Å². The molecule has 1 aromatic heterocycles. The van der Waals surface area contributed by atoms with Crippen molar-refractivity contribution in [1.29, 1.82) is 0 Å². The SMILES string of the molecule is CN(CC(C)(C)O)C(=O)[C@@H](N)Cc1c[nH]c2ccccc12. The third-order valence-electron chi connectivity index (χ3n) is 3.43. The largest absolute Gasteiger partial charge is 0.389 e. The fourth-order valence-corrected chi connectivity index (χ4v) is 2.57. The third kappa shape index (κ3) is 3.83. The maximum Gasteiger partial charge on any atom is 0.239 e. The van der Waals surface area contributed by atoms with Crippen molar-refractivity contribution >= 4 is 16.8 Å². The van der Waals surface area contributed by atoms with Crippen molar-refractivity contribution in [2.24, 2.45) is 5.73 Å². The van der Waals surface area contributed by atoms with E-state index in [1.807, 2.05) is 30.5 Å². The van der Waals surface area contributed by atoms with Gasteiger partial charge in [0, 0.05) is 30.7 Å². The standard InChI is InChI=1S/C16H23N3O2/c1-16(2,21)10-19(3)15(20)13(17)8-11-9-18-14-7-5-4-6-12(11)14/h4-7,9,13,18,21H,8,10,17H2,1-3H3/t13-/m0/s1. The Morgan fingerprint density at radius 3 is 2.76 bits per heavy atom. The van der Waals surface area contributed by atoms with Gasteiger partial charge in [0.15, 0.2) is 0 Å². The number of aromatic amines is 1. The molecule has 114 valence electrons. The number of likely N-dealkylation sites (N-methyl/N-ethyl adjacent to an activating group) is 1. The molecule has 0 aliphatic carbocycles. The van der Waals surface area contributed by atoms with Crippen LogP contribution in [0.25, 0.3) is 10.9 Å². The predicted octanol–water partition coefficient (Wildman–Crippen LogP) is 1.27. The first-order valence-electron chi connectivity index (χ1n) is 7.06. The Morgan fingerprint density at radius 1 is 1.43 bits per heavy atom. The molecule has 0 fully saturated rings. The number of fused-ring (bicyclic) bond motifs is 1. The lowest BCUT2D eigenvalue weighted by Gasteiger charge is -2.27.